The maximum atomic E-state index is 12.0. The number of hydrogen-bond donors (Lipinski definition) is 2. The van der Waals surface area contributed by atoms with Crippen molar-refractivity contribution >= 4 is 11.9 Å². The lowest BCUT2D eigenvalue weighted by molar-refractivity contribution is -0.142. The Morgan fingerprint density at radius 2 is 2.10 bits per heavy atom. The zero-order chi connectivity index (χ0) is 15.2. The third-order valence-electron chi connectivity index (χ3n) is 3.97. The van der Waals surface area contributed by atoms with Gasteiger partial charge in [0.2, 0.25) is 5.91 Å². The summed E-state index contributed by atoms with van der Waals surface area (Å²) < 4.78 is 0. The molecule has 0 radical (unpaired) electrons. The Balaban J connectivity index is 1.78. The van der Waals surface area contributed by atoms with Crippen molar-refractivity contribution in [3.63, 3.8) is 0 Å². The van der Waals surface area contributed by atoms with Gasteiger partial charge in [-0.3, -0.25) is 14.5 Å². The number of carboxylic acids is 1. The Kier molecular flexibility index (Phi) is 5.33. The third kappa shape index (κ3) is 4.29. The van der Waals surface area contributed by atoms with Crippen LogP contribution in [0.15, 0.2) is 30.3 Å². The fraction of sp³-hybridized carbons (Fsp3) is 0.500. The van der Waals surface area contributed by atoms with Crippen molar-refractivity contribution in [2.45, 2.75) is 31.7 Å². The number of hydrogen-bond acceptors (Lipinski definition) is 3. The minimum Gasteiger partial charge on any atom is -0.480 e. The normalized spacial score (nSPS) is 20.1. The Labute approximate surface area is 125 Å². The zero-order valence-electron chi connectivity index (χ0n) is 12.3. The highest BCUT2D eigenvalue weighted by Crippen LogP contribution is 2.17. The molecule has 1 heterocycles. The second-order valence-corrected chi connectivity index (χ2v) is 5.58. The Morgan fingerprint density at radius 1 is 1.38 bits per heavy atom. The van der Waals surface area contributed by atoms with E-state index in [1.165, 1.54) is 5.56 Å². The quantitative estimate of drug-likeness (QED) is 0.832. The van der Waals surface area contributed by atoms with Crippen LogP contribution in [0.4, 0.5) is 0 Å². The second-order valence-electron chi connectivity index (χ2n) is 5.58. The minimum absolute atomic E-state index is 0.106. The van der Waals surface area contributed by atoms with Crippen LogP contribution >= 0.6 is 0 Å². The van der Waals surface area contributed by atoms with Gasteiger partial charge in [0, 0.05) is 6.54 Å². The number of aliphatic carboxylic acids is 1. The van der Waals surface area contributed by atoms with Gasteiger partial charge in [0.25, 0.3) is 0 Å². The van der Waals surface area contributed by atoms with E-state index in [1.807, 2.05) is 30.3 Å². The number of nitrogens with one attached hydrogen (secondary N) is 1. The van der Waals surface area contributed by atoms with Crippen molar-refractivity contribution < 1.29 is 14.7 Å². The Morgan fingerprint density at radius 3 is 2.76 bits per heavy atom. The number of benzene rings is 1. The van der Waals surface area contributed by atoms with Crippen LogP contribution in [-0.4, -0.2) is 47.6 Å². The highest BCUT2D eigenvalue weighted by Gasteiger charge is 2.31. The summed E-state index contributed by atoms with van der Waals surface area (Å²) in [4.78, 5) is 24.8. The molecule has 1 saturated heterocycles. The van der Waals surface area contributed by atoms with Gasteiger partial charge >= 0.3 is 5.97 Å². The van der Waals surface area contributed by atoms with Gasteiger partial charge in [0.15, 0.2) is 0 Å². The fourth-order valence-electron chi connectivity index (χ4n) is 2.70. The maximum Gasteiger partial charge on any atom is 0.320 e. The summed E-state index contributed by atoms with van der Waals surface area (Å²) >= 11 is 0. The van der Waals surface area contributed by atoms with Gasteiger partial charge in [0.1, 0.15) is 6.04 Å². The van der Waals surface area contributed by atoms with Gasteiger partial charge in [-0.05, 0) is 30.9 Å². The third-order valence-corrected chi connectivity index (χ3v) is 3.97. The van der Waals surface area contributed by atoms with E-state index in [9.17, 15) is 9.59 Å². The van der Waals surface area contributed by atoms with Gasteiger partial charge in [0.05, 0.1) is 6.54 Å². The Hall–Kier alpha value is -1.88. The lowest BCUT2D eigenvalue weighted by atomic mass is 10.0. The highest BCUT2D eigenvalue weighted by atomic mass is 16.4. The number of carbonyl (C=O) groups is 2. The van der Waals surface area contributed by atoms with Crippen molar-refractivity contribution in [3.8, 4) is 0 Å². The van der Waals surface area contributed by atoms with Crippen molar-refractivity contribution in [3.05, 3.63) is 35.9 Å². The summed E-state index contributed by atoms with van der Waals surface area (Å²) in [7, 11) is 0. The topological polar surface area (TPSA) is 69.6 Å². The molecule has 2 unspecified atom stereocenters. The van der Waals surface area contributed by atoms with Crippen LogP contribution in [0.2, 0.25) is 0 Å². The highest BCUT2D eigenvalue weighted by molar-refractivity contribution is 5.80. The lowest BCUT2D eigenvalue weighted by Crippen LogP contribution is -2.43. The predicted octanol–water partition coefficient (Wildman–Crippen LogP) is 1.46. The molecule has 0 aliphatic carbocycles. The molecule has 1 aliphatic heterocycles. The lowest BCUT2D eigenvalue weighted by Gasteiger charge is -2.21. The van der Waals surface area contributed by atoms with Gasteiger partial charge < -0.3 is 10.4 Å². The molecule has 2 rings (SSSR count). The minimum atomic E-state index is -0.835. The average Bonchev–Trinajstić information content (AvgIpc) is 2.94. The summed E-state index contributed by atoms with van der Waals surface area (Å²) in [5, 5.41) is 12.0. The molecule has 1 fully saturated rings. The summed E-state index contributed by atoms with van der Waals surface area (Å²) in [6, 6.07) is 9.50. The van der Waals surface area contributed by atoms with Crippen molar-refractivity contribution in [2.75, 3.05) is 19.6 Å². The molecule has 2 atom stereocenters. The first kappa shape index (κ1) is 15.5. The molecule has 114 valence electrons. The van der Waals surface area contributed by atoms with E-state index < -0.39 is 12.0 Å². The van der Waals surface area contributed by atoms with E-state index in [2.05, 4.69) is 12.2 Å². The van der Waals surface area contributed by atoms with Crippen LogP contribution in [0, 0.1) is 0 Å². The van der Waals surface area contributed by atoms with E-state index >= 15 is 0 Å². The van der Waals surface area contributed by atoms with E-state index in [0.717, 1.165) is 6.42 Å². The van der Waals surface area contributed by atoms with Crippen LogP contribution in [0.5, 0.6) is 0 Å². The SMILES string of the molecule is CC(CNC(=O)CN1CCCC1C(=O)O)c1ccccc1. The van der Waals surface area contributed by atoms with Gasteiger partial charge in [-0.15, -0.1) is 0 Å². The standard InChI is InChI=1S/C16H22N2O3/c1-12(13-6-3-2-4-7-13)10-17-15(19)11-18-9-5-8-14(18)16(20)21/h2-4,6-7,12,14H,5,8-11H2,1H3,(H,17,19)(H,20,21). The first-order valence-corrected chi connectivity index (χ1v) is 7.36. The van der Waals surface area contributed by atoms with E-state index in [-0.39, 0.29) is 18.4 Å². The molecule has 0 aromatic heterocycles. The zero-order valence-corrected chi connectivity index (χ0v) is 12.3. The van der Waals surface area contributed by atoms with Gasteiger partial charge in [-0.2, -0.15) is 0 Å². The summed E-state index contributed by atoms with van der Waals surface area (Å²) in [6.07, 6.45) is 1.47. The predicted molar refractivity (Wildman–Crippen MR) is 80.1 cm³/mol. The van der Waals surface area contributed by atoms with Crippen LogP contribution in [0.1, 0.15) is 31.2 Å². The molecule has 2 N–H and O–H groups in total. The van der Waals surface area contributed by atoms with Gasteiger partial charge in [-0.1, -0.05) is 37.3 Å². The van der Waals surface area contributed by atoms with Crippen LogP contribution in [0.25, 0.3) is 0 Å². The molecule has 21 heavy (non-hydrogen) atoms. The first-order chi connectivity index (χ1) is 10.1. The second kappa shape index (κ2) is 7.22. The van der Waals surface area contributed by atoms with E-state index in [1.54, 1.807) is 4.90 Å². The number of carbonyl (C=O) groups excluding carboxylic acids is 1. The van der Waals surface area contributed by atoms with Crippen molar-refractivity contribution in [2.24, 2.45) is 0 Å². The van der Waals surface area contributed by atoms with Gasteiger partial charge in [-0.25, -0.2) is 0 Å². The average molecular weight is 290 g/mol. The first-order valence-electron chi connectivity index (χ1n) is 7.36. The molecular formula is C16H22N2O3. The molecule has 1 aromatic rings. The van der Waals surface area contributed by atoms with Crippen LogP contribution in [-0.2, 0) is 9.59 Å². The number of amides is 1. The summed E-state index contributed by atoms with van der Waals surface area (Å²) in [6.45, 7) is 3.47. The van der Waals surface area contributed by atoms with Crippen molar-refractivity contribution in [1.29, 1.82) is 0 Å². The van der Waals surface area contributed by atoms with Crippen LogP contribution in [0.3, 0.4) is 0 Å². The molecule has 0 spiro atoms. The number of likely N-dealkylation sites (tertiary alicyclic amines) is 1. The molecule has 0 saturated carbocycles. The monoisotopic (exact) mass is 290 g/mol. The molecule has 1 amide bonds. The molecule has 5 nitrogen and oxygen atoms in total. The number of nitrogens with zero attached hydrogens (tertiary/aromatic N) is 1. The summed E-state index contributed by atoms with van der Waals surface area (Å²) in [5.41, 5.74) is 1.18. The smallest absolute Gasteiger partial charge is 0.320 e. The maximum absolute atomic E-state index is 12.0. The molecule has 0 bridgehead atoms. The summed E-state index contributed by atoms with van der Waals surface area (Å²) in [5.74, 6) is -0.701. The molecule has 1 aromatic carbocycles. The van der Waals surface area contributed by atoms with Crippen molar-refractivity contribution in [1.82, 2.24) is 10.2 Å². The van der Waals surface area contributed by atoms with E-state index in [0.29, 0.717) is 19.5 Å². The molecule has 5 heteroatoms. The van der Waals surface area contributed by atoms with E-state index in [4.69, 9.17) is 5.11 Å². The molecule has 1 aliphatic rings. The number of rotatable bonds is 6. The van der Waals surface area contributed by atoms with Crippen LogP contribution < -0.4 is 5.32 Å². The number of carboxylic acid groups (broad SMARTS) is 1. The molecular weight excluding hydrogens is 268 g/mol. The largest absolute Gasteiger partial charge is 0.480 e. The fourth-order valence-corrected chi connectivity index (χ4v) is 2.70. The Bertz CT molecular complexity index is 490.